The van der Waals surface area contributed by atoms with Crippen molar-refractivity contribution in [3.8, 4) is 17.2 Å². The lowest BCUT2D eigenvalue weighted by molar-refractivity contribution is 0.300. The van der Waals surface area contributed by atoms with Crippen molar-refractivity contribution in [1.82, 2.24) is 10.2 Å². The van der Waals surface area contributed by atoms with Gasteiger partial charge >= 0.3 is 6.01 Å². The van der Waals surface area contributed by atoms with Crippen LogP contribution in [0.4, 0.5) is 10.4 Å². The van der Waals surface area contributed by atoms with Gasteiger partial charge < -0.3 is 14.9 Å². The fraction of sp³-hybridized carbons (Fsp3) is 0.0667. The molecule has 0 fully saturated rings. The minimum absolute atomic E-state index is 0.0222. The fourth-order valence-electron chi connectivity index (χ4n) is 1.87. The Morgan fingerprint density at radius 2 is 2.00 bits per heavy atom. The van der Waals surface area contributed by atoms with Crippen molar-refractivity contribution in [2.75, 3.05) is 5.73 Å². The third-order valence-electron chi connectivity index (χ3n) is 2.96. The van der Waals surface area contributed by atoms with Gasteiger partial charge in [0.25, 0.3) is 0 Å². The number of hydrogen-bond donors (Lipinski definition) is 1. The SMILES string of the molecule is Nc1nnc(-c2ccc(OCc3ccccc3F)c(Cl)c2)o1. The normalized spacial score (nSPS) is 10.6. The van der Waals surface area contributed by atoms with E-state index in [1.54, 1.807) is 36.4 Å². The van der Waals surface area contributed by atoms with Gasteiger partial charge in [-0.15, -0.1) is 5.10 Å². The summed E-state index contributed by atoms with van der Waals surface area (Å²) in [7, 11) is 0. The molecule has 7 heteroatoms. The fourth-order valence-corrected chi connectivity index (χ4v) is 2.11. The van der Waals surface area contributed by atoms with Crippen molar-refractivity contribution in [3.63, 3.8) is 0 Å². The van der Waals surface area contributed by atoms with Crippen LogP contribution in [-0.2, 0) is 6.61 Å². The molecule has 0 amide bonds. The first-order valence-corrected chi connectivity index (χ1v) is 6.76. The summed E-state index contributed by atoms with van der Waals surface area (Å²) < 4.78 is 24.2. The number of halogens is 2. The molecular formula is C15H11ClFN3O2. The Balaban J connectivity index is 1.77. The Morgan fingerprint density at radius 3 is 2.68 bits per heavy atom. The molecule has 5 nitrogen and oxygen atoms in total. The molecule has 2 aromatic carbocycles. The maximum Gasteiger partial charge on any atom is 0.313 e. The zero-order valence-electron chi connectivity index (χ0n) is 11.3. The minimum atomic E-state index is -0.323. The van der Waals surface area contributed by atoms with Gasteiger partial charge in [-0.1, -0.05) is 34.9 Å². The van der Waals surface area contributed by atoms with E-state index in [-0.39, 0.29) is 24.3 Å². The first-order valence-electron chi connectivity index (χ1n) is 6.38. The molecule has 0 aliphatic heterocycles. The number of aromatic nitrogens is 2. The van der Waals surface area contributed by atoms with Gasteiger partial charge in [-0.2, -0.15) is 0 Å². The zero-order chi connectivity index (χ0) is 15.5. The van der Waals surface area contributed by atoms with E-state index in [9.17, 15) is 4.39 Å². The molecule has 0 spiro atoms. The van der Waals surface area contributed by atoms with Crippen LogP contribution in [0.25, 0.3) is 11.5 Å². The number of nitrogen functional groups attached to an aromatic ring is 1. The van der Waals surface area contributed by atoms with E-state index in [4.69, 9.17) is 26.5 Å². The Labute approximate surface area is 130 Å². The van der Waals surface area contributed by atoms with Crippen LogP contribution < -0.4 is 10.5 Å². The summed E-state index contributed by atoms with van der Waals surface area (Å²) in [5.74, 6) is 0.373. The second kappa shape index (κ2) is 6.03. The maximum absolute atomic E-state index is 13.5. The first kappa shape index (κ1) is 14.3. The molecular weight excluding hydrogens is 309 g/mol. The van der Waals surface area contributed by atoms with Gasteiger partial charge in [0.15, 0.2) is 0 Å². The van der Waals surface area contributed by atoms with Crippen molar-refractivity contribution in [3.05, 3.63) is 58.9 Å². The topological polar surface area (TPSA) is 74.2 Å². The van der Waals surface area contributed by atoms with E-state index in [2.05, 4.69) is 10.2 Å². The predicted octanol–water partition coefficient (Wildman–Crippen LogP) is 3.69. The molecule has 3 aromatic rings. The van der Waals surface area contributed by atoms with Gasteiger partial charge in [-0.05, 0) is 24.3 Å². The van der Waals surface area contributed by atoms with E-state index >= 15 is 0 Å². The first-order chi connectivity index (χ1) is 10.6. The summed E-state index contributed by atoms with van der Waals surface area (Å²) in [4.78, 5) is 0. The molecule has 0 saturated heterocycles. The quantitative estimate of drug-likeness (QED) is 0.793. The molecule has 112 valence electrons. The molecule has 22 heavy (non-hydrogen) atoms. The van der Waals surface area contributed by atoms with Crippen LogP contribution in [0.3, 0.4) is 0 Å². The van der Waals surface area contributed by atoms with Gasteiger partial charge in [0.2, 0.25) is 5.89 Å². The van der Waals surface area contributed by atoms with E-state index in [0.29, 0.717) is 21.9 Å². The van der Waals surface area contributed by atoms with Crippen LogP contribution in [0.5, 0.6) is 5.75 Å². The maximum atomic E-state index is 13.5. The summed E-state index contributed by atoms with van der Waals surface area (Å²) >= 11 is 6.15. The highest BCUT2D eigenvalue weighted by molar-refractivity contribution is 6.32. The lowest BCUT2D eigenvalue weighted by Gasteiger charge is -2.09. The molecule has 0 bridgehead atoms. The van der Waals surface area contributed by atoms with Crippen LogP contribution in [0.1, 0.15) is 5.56 Å². The van der Waals surface area contributed by atoms with Gasteiger partial charge in [0.1, 0.15) is 18.2 Å². The van der Waals surface area contributed by atoms with Crippen molar-refractivity contribution in [1.29, 1.82) is 0 Å². The molecule has 3 rings (SSSR count). The third kappa shape index (κ3) is 3.01. The number of ether oxygens (including phenoxy) is 1. The van der Waals surface area contributed by atoms with E-state index < -0.39 is 0 Å². The number of hydrogen-bond acceptors (Lipinski definition) is 5. The van der Waals surface area contributed by atoms with Gasteiger partial charge in [-0.3, -0.25) is 0 Å². The number of benzene rings is 2. The number of rotatable bonds is 4. The Hall–Kier alpha value is -2.60. The largest absolute Gasteiger partial charge is 0.487 e. The molecule has 0 saturated carbocycles. The van der Waals surface area contributed by atoms with Crippen LogP contribution in [0.2, 0.25) is 5.02 Å². The molecule has 1 aromatic heterocycles. The number of nitrogens with two attached hydrogens (primary N) is 1. The standard InChI is InChI=1S/C15H11ClFN3O2/c16-11-7-9(14-19-20-15(18)22-14)5-6-13(11)21-8-10-3-1-2-4-12(10)17/h1-7H,8H2,(H2,18,20). The highest BCUT2D eigenvalue weighted by Crippen LogP contribution is 2.30. The lowest BCUT2D eigenvalue weighted by atomic mass is 10.2. The highest BCUT2D eigenvalue weighted by Gasteiger charge is 2.10. The van der Waals surface area contributed by atoms with Crippen molar-refractivity contribution in [2.45, 2.75) is 6.61 Å². The number of nitrogens with zero attached hydrogens (tertiary/aromatic N) is 2. The smallest absolute Gasteiger partial charge is 0.313 e. The van der Waals surface area contributed by atoms with Crippen molar-refractivity contribution < 1.29 is 13.5 Å². The van der Waals surface area contributed by atoms with E-state index in [1.165, 1.54) is 6.07 Å². The van der Waals surface area contributed by atoms with Crippen molar-refractivity contribution >= 4 is 17.6 Å². The molecule has 2 N–H and O–H groups in total. The summed E-state index contributed by atoms with van der Waals surface area (Å²) in [5, 5.41) is 7.70. The lowest BCUT2D eigenvalue weighted by Crippen LogP contribution is -1.98. The summed E-state index contributed by atoms with van der Waals surface area (Å²) in [6.07, 6.45) is 0. The minimum Gasteiger partial charge on any atom is -0.487 e. The second-order valence-electron chi connectivity index (χ2n) is 4.47. The van der Waals surface area contributed by atoms with Gasteiger partial charge in [-0.25, -0.2) is 4.39 Å². The predicted molar refractivity (Wildman–Crippen MR) is 79.9 cm³/mol. The van der Waals surface area contributed by atoms with Crippen LogP contribution in [0.15, 0.2) is 46.9 Å². The average Bonchev–Trinajstić information content (AvgIpc) is 2.94. The van der Waals surface area contributed by atoms with Crippen LogP contribution in [0, 0.1) is 5.82 Å². The Morgan fingerprint density at radius 1 is 1.18 bits per heavy atom. The molecule has 0 aliphatic carbocycles. The average molecular weight is 320 g/mol. The van der Waals surface area contributed by atoms with E-state index in [0.717, 1.165) is 0 Å². The molecule has 0 atom stereocenters. The molecule has 0 aliphatic rings. The second-order valence-corrected chi connectivity index (χ2v) is 4.88. The Bertz CT molecular complexity index is 807. The summed E-state index contributed by atoms with van der Waals surface area (Å²) in [6.45, 7) is 0.0826. The number of anilines is 1. The van der Waals surface area contributed by atoms with Gasteiger partial charge in [0, 0.05) is 11.1 Å². The highest BCUT2D eigenvalue weighted by atomic mass is 35.5. The molecule has 0 unspecified atom stereocenters. The van der Waals surface area contributed by atoms with E-state index in [1.807, 2.05) is 0 Å². The molecule has 1 heterocycles. The third-order valence-corrected chi connectivity index (χ3v) is 3.26. The summed E-state index contributed by atoms with van der Waals surface area (Å²) in [6, 6.07) is 11.3. The zero-order valence-corrected chi connectivity index (χ0v) is 12.0. The van der Waals surface area contributed by atoms with Crippen LogP contribution in [-0.4, -0.2) is 10.2 Å². The summed E-state index contributed by atoms with van der Waals surface area (Å²) in [5.41, 5.74) is 6.45. The van der Waals surface area contributed by atoms with Crippen molar-refractivity contribution in [2.24, 2.45) is 0 Å². The Kier molecular flexibility index (Phi) is 3.93. The monoisotopic (exact) mass is 319 g/mol. The molecule has 0 radical (unpaired) electrons. The van der Waals surface area contributed by atoms with Crippen LogP contribution >= 0.6 is 11.6 Å². The van der Waals surface area contributed by atoms with Gasteiger partial charge in [0.05, 0.1) is 5.02 Å².